The number of nitrogens with one attached hydrogen (secondary N) is 1. The predicted molar refractivity (Wildman–Crippen MR) is 90.3 cm³/mol. The Hall–Kier alpha value is -2.70. The second-order valence-electron chi connectivity index (χ2n) is 5.52. The molecule has 0 radical (unpaired) electrons. The average molecular weight is 323 g/mol. The van der Waals surface area contributed by atoms with Crippen molar-refractivity contribution in [1.82, 2.24) is 9.55 Å². The first-order valence-corrected chi connectivity index (χ1v) is 7.86. The number of para-hydroxylation sites is 3. The largest absolute Gasteiger partial charge is 0.376 e. The summed E-state index contributed by atoms with van der Waals surface area (Å²) in [6.45, 7) is 1.21. The lowest BCUT2D eigenvalue weighted by atomic mass is 10.3. The molecule has 4 rings (SSSR count). The zero-order chi connectivity index (χ0) is 16.4. The van der Waals surface area contributed by atoms with Crippen LogP contribution in [0.15, 0.2) is 54.6 Å². The molecule has 3 aromatic rings. The Bertz CT molecular complexity index is 854. The summed E-state index contributed by atoms with van der Waals surface area (Å²) < 4.78 is 12.7. The molecular weight excluding hydrogens is 306 g/mol. The Kier molecular flexibility index (Phi) is 3.98. The molecule has 6 heteroatoms. The monoisotopic (exact) mass is 323 g/mol. The highest BCUT2D eigenvalue weighted by Gasteiger charge is 2.24. The highest BCUT2D eigenvalue weighted by atomic mass is 16.6. The first-order valence-electron chi connectivity index (χ1n) is 7.86. The summed E-state index contributed by atoms with van der Waals surface area (Å²) in [5.41, 5.74) is 2.68. The van der Waals surface area contributed by atoms with Crippen molar-refractivity contribution in [1.29, 1.82) is 0 Å². The molecular formula is C18H17N3O3. The molecule has 2 heterocycles. The van der Waals surface area contributed by atoms with Crippen LogP contribution in [0.25, 0.3) is 16.7 Å². The van der Waals surface area contributed by atoms with Gasteiger partial charge >= 0.3 is 0 Å². The van der Waals surface area contributed by atoms with Crippen molar-refractivity contribution >= 4 is 22.9 Å². The molecule has 0 aliphatic carbocycles. The van der Waals surface area contributed by atoms with Gasteiger partial charge in [0.05, 0.1) is 30.9 Å². The molecule has 1 aliphatic rings. The molecule has 122 valence electrons. The fourth-order valence-electron chi connectivity index (χ4n) is 2.78. The van der Waals surface area contributed by atoms with E-state index in [1.165, 1.54) is 0 Å². The molecule has 1 saturated heterocycles. The number of benzene rings is 2. The van der Waals surface area contributed by atoms with Crippen LogP contribution in [0.4, 0.5) is 5.95 Å². The summed E-state index contributed by atoms with van der Waals surface area (Å²) in [5, 5.41) is 2.88. The van der Waals surface area contributed by atoms with Gasteiger partial charge in [-0.05, 0) is 24.3 Å². The quantitative estimate of drug-likeness (QED) is 0.804. The zero-order valence-corrected chi connectivity index (χ0v) is 13.0. The molecule has 1 atom stereocenters. The maximum absolute atomic E-state index is 12.5. The third kappa shape index (κ3) is 2.77. The van der Waals surface area contributed by atoms with E-state index in [1.54, 1.807) is 0 Å². The van der Waals surface area contributed by atoms with Crippen molar-refractivity contribution in [2.24, 2.45) is 0 Å². The molecule has 24 heavy (non-hydrogen) atoms. The van der Waals surface area contributed by atoms with Gasteiger partial charge < -0.3 is 9.47 Å². The van der Waals surface area contributed by atoms with E-state index in [0.717, 1.165) is 16.7 Å². The Labute approximate surface area is 139 Å². The number of rotatable bonds is 3. The highest BCUT2D eigenvalue weighted by Crippen LogP contribution is 2.24. The maximum Gasteiger partial charge on any atom is 0.258 e. The standard InChI is InChI=1S/C18H17N3O3/c22-17(16-12-23-10-11-24-16)20-18-19-14-8-4-5-9-15(14)21(18)13-6-2-1-3-7-13/h1-9,16H,10-12H2,(H,19,20,22)/t16-/m0/s1. The number of hydrogen-bond donors (Lipinski definition) is 1. The topological polar surface area (TPSA) is 65.4 Å². The number of amides is 1. The molecule has 0 unspecified atom stereocenters. The highest BCUT2D eigenvalue weighted by molar-refractivity contribution is 5.95. The molecule has 0 bridgehead atoms. The van der Waals surface area contributed by atoms with Gasteiger partial charge in [0.2, 0.25) is 5.95 Å². The molecule has 0 spiro atoms. The van der Waals surface area contributed by atoms with Gasteiger partial charge in [0, 0.05) is 5.69 Å². The van der Waals surface area contributed by atoms with E-state index < -0.39 is 6.10 Å². The summed E-state index contributed by atoms with van der Waals surface area (Å²) in [4.78, 5) is 17.0. The third-order valence-electron chi connectivity index (χ3n) is 3.92. The average Bonchev–Trinajstić information content (AvgIpc) is 3.01. The van der Waals surface area contributed by atoms with Crippen LogP contribution in [-0.2, 0) is 14.3 Å². The minimum absolute atomic E-state index is 0.248. The van der Waals surface area contributed by atoms with Gasteiger partial charge in [-0.15, -0.1) is 0 Å². The summed E-state index contributed by atoms with van der Waals surface area (Å²) in [5.74, 6) is 0.226. The number of fused-ring (bicyclic) bond motifs is 1. The molecule has 1 amide bonds. The number of nitrogens with zero attached hydrogens (tertiary/aromatic N) is 2. The van der Waals surface area contributed by atoms with E-state index in [0.29, 0.717) is 19.2 Å². The van der Waals surface area contributed by atoms with Crippen molar-refractivity contribution in [2.45, 2.75) is 6.10 Å². The number of aromatic nitrogens is 2. The smallest absolute Gasteiger partial charge is 0.258 e. The molecule has 1 N–H and O–H groups in total. The first kappa shape index (κ1) is 14.9. The van der Waals surface area contributed by atoms with Gasteiger partial charge in [0.1, 0.15) is 0 Å². The molecule has 0 saturated carbocycles. The van der Waals surface area contributed by atoms with E-state index in [2.05, 4.69) is 10.3 Å². The second kappa shape index (κ2) is 6.43. The van der Waals surface area contributed by atoms with E-state index in [9.17, 15) is 4.79 Å². The third-order valence-corrected chi connectivity index (χ3v) is 3.92. The second-order valence-corrected chi connectivity index (χ2v) is 5.52. The van der Waals surface area contributed by atoms with Crippen molar-refractivity contribution in [3.63, 3.8) is 0 Å². The van der Waals surface area contributed by atoms with E-state index >= 15 is 0 Å². The summed E-state index contributed by atoms with van der Waals surface area (Å²) in [6.07, 6.45) is -0.609. The Morgan fingerprint density at radius 2 is 1.88 bits per heavy atom. The van der Waals surface area contributed by atoms with E-state index in [1.807, 2.05) is 59.2 Å². The fraction of sp³-hybridized carbons (Fsp3) is 0.222. The Morgan fingerprint density at radius 1 is 1.08 bits per heavy atom. The van der Waals surface area contributed by atoms with Crippen LogP contribution >= 0.6 is 0 Å². The van der Waals surface area contributed by atoms with Crippen molar-refractivity contribution in [3.05, 3.63) is 54.6 Å². The molecule has 6 nitrogen and oxygen atoms in total. The number of hydrogen-bond acceptors (Lipinski definition) is 4. The fourth-order valence-corrected chi connectivity index (χ4v) is 2.78. The number of ether oxygens (including phenoxy) is 2. The summed E-state index contributed by atoms with van der Waals surface area (Å²) >= 11 is 0. The molecule has 1 aromatic heterocycles. The van der Waals surface area contributed by atoms with Gasteiger partial charge in [-0.25, -0.2) is 4.98 Å². The minimum atomic E-state index is -0.609. The maximum atomic E-state index is 12.5. The van der Waals surface area contributed by atoms with Gasteiger partial charge in [-0.1, -0.05) is 30.3 Å². The van der Waals surface area contributed by atoms with Crippen LogP contribution < -0.4 is 5.32 Å². The molecule has 2 aromatic carbocycles. The van der Waals surface area contributed by atoms with Crippen molar-refractivity contribution in [2.75, 3.05) is 25.1 Å². The normalized spacial score (nSPS) is 17.8. The minimum Gasteiger partial charge on any atom is -0.376 e. The van der Waals surface area contributed by atoms with Crippen LogP contribution in [0, 0.1) is 0 Å². The lowest BCUT2D eigenvalue weighted by Gasteiger charge is -2.22. The number of anilines is 1. The van der Waals surface area contributed by atoms with E-state index in [-0.39, 0.29) is 12.5 Å². The lowest BCUT2D eigenvalue weighted by Crippen LogP contribution is -2.39. The SMILES string of the molecule is O=C(Nc1nc2ccccc2n1-c1ccccc1)[C@@H]1COCCO1. The molecule has 1 aliphatic heterocycles. The van der Waals surface area contributed by atoms with Crippen LogP contribution in [-0.4, -0.2) is 41.4 Å². The Morgan fingerprint density at radius 3 is 2.67 bits per heavy atom. The van der Waals surface area contributed by atoms with Crippen LogP contribution in [0.3, 0.4) is 0 Å². The van der Waals surface area contributed by atoms with Crippen LogP contribution in [0.5, 0.6) is 0 Å². The van der Waals surface area contributed by atoms with Crippen molar-refractivity contribution in [3.8, 4) is 5.69 Å². The van der Waals surface area contributed by atoms with E-state index in [4.69, 9.17) is 9.47 Å². The van der Waals surface area contributed by atoms with Gasteiger partial charge in [0.25, 0.3) is 5.91 Å². The Balaban J connectivity index is 1.73. The number of carbonyl (C=O) groups is 1. The first-order chi connectivity index (χ1) is 11.8. The zero-order valence-electron chi connectivity index (χ0n) is 13.0. The predicted octanol–water partition coefficient (Wildman–Crippen LogP) is 2.38. The summed E-state index contributed by atoms with van der Waals surface area (Å²) in [7, 11) is 0. The summed E-state index contributed by atoms with van der Waals surface area (Å²) in [6, 6.07) is 17.6. The number of imidazole rings is 1. The van der Waals surface area contributed by atoms with Crippen LogP contribution in [0.1, 0.15) is 0 Å². The van der Waals surface area contributed by atoms with Gasteiger partial charge in [-0.2, -0.15) is 0 Å². The van der Waals surface area contributed by atoms with Gasteiger partial charge in [-0.3, -0.25) is 14.7 Å². The lowest BCUT2D eigenvalue weighted by molar-refractivity contribution is -0.142. The molecule has 1 fully saturated rings. The van der Waals surface area contributed by atoms with Crippen molar-refractivity contribution < 1.29 is 14.3 Å². The number of carbonyl (C=O) groups excluding carboxylic acids is 1. The van der Waals surface area contributed by atoms with Gasteiger partial charge in [0.15, 0.2) is 6.10 Å². The van der Waals surface area contributed by atoms with Crippen LogP contribution in [0.2, 0.25) is 0 Å².